The van der Waals surface area contributed by atoms with Crippen molar-refractivity contribution in [2.24, 2.45) is 0 Å². The molecule has 0 fully saturated rings. The van der Waals surface area contributed by atoms with Crippen molar-refractivity contribution in [1.29, 1.82) is 0 Å². The van der Waals surface area contributed by atoms with Crippen molar-refractivity contribution >= 4 is 11.7 Å². The van der Waals surface area contributed by atoms with Crippen LogP contribution in [0.5, 0.6) is 5.75 Å². The number of aryl methyl sites for hydroxylation is 1. The number of aromatic hydroxyl groups is 1. The fourth-order valence-electron chi connectivity index (χ4n) is 1.72. The van der Waals surface area contributed by atoms with Crippen molar-refractivity contribution in [3.05, 3.63) is 59.7 Å². The Labute approximate surface area is 112 Å². The molecule has 0 aliphatic rings. The van der Waals surface area contributed by atoms with Crippen molar-refractivity contribution in [2.75, 3.05) is 5.32 Å². The lowest BCUT2D eigenvalue weighted by molar-refractivity contribution is 0.251. The second kappa shape index (κ2) is 5.91. The molecule has 2 aromatic carbocycles. The van der Waals surface area contributed by atoms with E-state index < -0.39 is 0 Å². The van der Waals surface area contributed by atoms with Crippen molar-refractivity contribution < 1.29 is 9.90 Å². The zero-order chi connectivity index (χ0) is 13.7. The summed E-state index contributed by atoms with van der Waals surface area (Å²) in [5.41, 5.74) is 2.86. The number of hydrogen-bond acceptors (Lipinski definition) is 2. The Kier molecular flexibility index (Phi) is 4.03. The maximum absolute atomic E-state index is 11.7. The van der Waals surface area contributed by atoms with Crippen LogP contribution in [-0.2, 0) is 6.54 Å². The summed E-state index contributed by atoms with van der Waals surface area (Å²) in [6.45, 7) is 2.49. The molecule has 0 saturated carbocycles. The summed E-state index contributed by atoms with van der Waals surface area (Å²) in [6, 6.07) is 14.0. The van der Waals surface area contributed by atoms with Crippen molar-refractivity contribution in [1.82, 2.24) is 5.32 Å². The molecule has 2 amide bonds. The zero-order valence-electron chi connectivity index (χ0n) is 10.7. The Morgan fingerprint density at radius 3 is 2.58 bits per heavy atom. The molecule has 0 heterocycles. The molecule has 4 nitrogen and oxygen atoms in total. The zero-order valence-corrected chi connectivity index (χ0v) is 10.7. The molecular formula is C15H16N2O2. The van der Waals surface area contributed by atoms with Crippen molar-refractivity contribution in [3.8, 4) is 5.75 Å². The van der Waals surface area contributed by atoms with E-state index in [4.69, 9.17) is 5.11 Å². The van der Waals surface area contributed by atoms with E-state index in [1.807, 2.05) is 31.2 Å². The minimum absolute atomic E-state index is 0.172. The number of benzene rings is 2. The number of anilines is 1. The Bertz CT molecular complexity index is 565. The van der Waals surface area contributed by atoms with E-state index in [0.717, 1.165) is 5.56 Å². The van der Waals surface area contributed by atoms with Crippen LogP contribution in [0.4, 0.5) is 10.5 Å². The number of urea groups is 1. The SMILES string of the molecule is Cc1cccc(CNC(=O)Nc2ccc(O)cc2)c1. The fourth-order valence-corrected chi connectivity index (χ4v) is 1.72. The number of rotatable bonds is 3. The summed E-state index contributed by atoms with van der Waals surface area (Å²) in [5, 5.41) is 14.6. The lowest BCUT2D eigenvalue weighted by Gasteiger charge is -2.08. The second-order valence-electron chi connectivity index (χ2n) is 4.34. The van der Waals surface area contributed by atoms with Gasteiger partial charge in [-0.25, -0.2) is 4.79 Å². The van der Waals surface area contributed by atoms with E-state index in [1.54, 1.807) is 12.1 Å². The van der Waals surface area contributed by atoms with Crippen LogP contribution in [-0.4, -0.2) is 11.1 Å². The first-order valence-electron chi connectivity index (χ1n) is 6.03. The van der Waals surface area contributed by atoms with Gasteiger partial charge in [-0.3, -0.25) is 0 Å². The number of carbonyl (C=O) groups is 1. The molecule has 0 spiro atoms. The highest BCUT2D eigenvalue weighted by atomic mass is 16.3. The first-order valence-corrected chi connectivity index (χ1v) is 6.03. The van der Waals surface area contributed by atoms with Gasteiger partial charge >= 0.3 is 6.03 Å². The van der Waals surface area contributed by atoms with Crippen LogP contribution in [0.15, 0.2) is 48.5 Å². The lowest BCUT2D eigenvalue weighted by atomic mass is 10.1. The second-order valence-corrected chi connectivity index (χ2v) is 4.34. The topological polar surface area (TPSA) is 61.4 Å². The van der Waals surface area contributed by atoms with Crippen LogP contribution in [0.3, 0.4) is 0 Å². The van der Waals surface area contributed by atoms with Gasteiger partial charge in [0.1, 0.15) is 5.75 Å². The normalized spacial score (nSPS) is 9.95. The standard InChI is InChI=1S/C15H16N2O2/c1-11-3-2-4-12(9-11)10-16-15(19)17-13-5-7-14(18)8-6-13/h2-9,18H,10H2,1H3,(H2,16,17,19). The van der Waals surface area contributed by atoms with Gasteiger partial charge in [-0.05, 0) is 36.8 Å². The lowest BCUT2D eigenvalue weighted by Crippen LogP contribution is -2.28. The molecule has 3 N–H and O–H groups in total. The largest absolute Gasteiger partial charge is 0.508 e. The van der Waals surface area contributed by atoms with Crippen LogP contribution < -0.4 is 10.6 Å². The molecule has 0 saturated heterocycles. The summed E-state index contributed by atoms with van der Waals surface area (Å²) in [7, 11) is 0. The predicted octanol–water partition coefficient (Wildman–Crippen LogP) is 3.02. The molecule has 2 rings (SSSR count). The number of carbonyl (C=O) groups excluding carboxylic acids is 1. The summed E-state index contributed by atoms with van der Waals surface area (Å²) in [5.74, 6) is 0.172. The third-order valence-electron chi connectivity index (χ3n) is 2.66. The van der Waals surface area contributed by atoms with Gasteiger partial charge < -0.3 is 15.7 Å². The number of phenolic OH excluding ortho intramolecular Hbond substituents is 1. The average Bonchev–Trinajstić information content (AvgIpc) is 2.39. The molecule has 0 aromatic heterocycles. The Morgan fingerprint density at radius 2 is 1.89 bits per heavy atom. The van der Waals surface area contributed by atoms with Crippen LogP contribution >= 0.6 is 0 Å². The smallest absolute Gasteiger partial charge is 0.319 e. The summed E-state index contributed by atoms with van der Waals surface area (Å²) in [6.07, 6.45) is 0. The van der Waals surface area contributed by atoms with Gasteiger partial charge in [0, 0.05) is 12.2 Å². The maximum atomic E-state index is 11.7. The Morgan fingerprint density at radius 1 is 1.16 bits per heavy atom. The van der Waals surface area contributed by atoms with Crippen molar-refractivity contribution in [3.63, 3.8) is 0 Å². The Balaban J connectivity index is 1.86. The number of hydrogen-bond donors (Lipinski definition) is 3. The summed E-state index contributed by atoms with van der Waals surface area (Å²) < 4.78 is 0. The van der Waals surface area contributed by atoms with Gasteiger partial charge in [0.25, 0.3) is 0 Å². The number of nitrogens with one attached hydrogen (secondary N) is 2. The van der Waals surface area contributed by atoms with Gasteiger partial charge in [-0.1, -0.05) is 29.8 Å². The minimum Gasteiger partial charge on any atom is -0.508 e. The molecule has 0 atom stereocenters. The first-order chi connectivity index (χ1) is 9.13. The van der Waals surface area contributed by atoms with Crippen LogP contribution in [0.25, 0.3) is 0 Å². The Hall–Kier alpha value is -2.49. The third kappa shape index (κ3) is 4.03. The predicted molar refractivity (Wildman–Crippen MR) is 75.1 cm³/mol. The molecule has 0 bridgehead atoms. The van der Waals surface area contributed by atoms with Gasteiger partial charge in [-0.15, -0.1) is 0 Å². The van der Waals surface area contributed by atoms with E-state index >= 15 is 0 Å². The van der Waals surface area contributed by atoms with E-state index in [1.165, 1.54) is 17.7 Å². The van der Waals surface area contributed by atoms with E-state index in [0.29, 0.717) is 12.2 Å². The van der Waals surface area contributed by atoms with E-state index in [2.05, 4.69) is 10.6 Å². The van der Waals surface area contributed by atoms with Gasteiger partial charge in [0.05, 0.1) is 0 Å². The number of amides is 2. The monoisotopic (exact) mass is 256 g/mol. The first kappa shape index (κ1) is 13.0. The highest BCUT2D eigenvalue weighted by Crippen LogP contribution is 2.13. The highest BCUT2D eigenvalue weighted by Gasteiger charge is 2.01. The summed E-state index contributed by atoms with van der Waals surface area (Å²) in [4.78, 5) is 11.7. The fraction of sp³-hybridized carbons (Fsp3) is 0.133. The van der Waals surface area contributed by atoms with Crippen LogP contribution in [0, 0.1) is 6.92 Å². The molecule has 98 valence electrons. The van der Waals surface area contributed by atoms with Crippen molar-refractivity contribution in [2.45, 2.75) is 13.5 Å². The van der Waals surface area contributed by atoms with Crippen LogP contribution in [0.2, 0.25) is 0 Å². The minimum atomic E-state index is -0.271. The quantitative estimate of drug-likeness (QED) is 0.739. The average molecular weight is 256 g/mol. The molecule has 4 heteroatoms. The third-order valence-corrected chi connectivity index (χ3v) is 2.66. The van der Waals surface area contributed by atoms with E-state index in [9.17, 15) is 4.79 Å². The molecule has 0 aliphatic carbocycles. The summed E-state index contributed by atoms with van der Waals surface area (Å²) >= 11 is 0. The number of phenols is 1. The van der Waals surface area contributed by atoms with Crippen LogP contribution in [0.1, 0.15) is 11.1 Å². The highest BCUT2D eigenvalue weighted by molar-refractivity contribution is 5.89. The molecule has 0 radical (unpaired) electrons. The van der Waals surface area contributed by atoms with E-state index in [-0.39, 0.29) is 11.8 Å². The molecule has 2 aromatic rings. The van der Waals surface area contributed by atoms with Gasteiger partial charge in [0.2, 0.25) is 0 Å². The van der Waals surface area contributed by atoms with Gasteiger partial charge in [0.15, 0.2) is 0 Å². The maximum Gasteiger partial charge on any atom is 0.319 e. The molecule has 19 heavy (non-hydrogen) atoms. The van der Waals surface area contributed by atoms with Gasteiger partial charge in [-0.2, -0.15) is 0 Å². The molecule has 0 aliphatic heterocycles. The molecular weight excluding hydrogens is 240 g/mol. The molecule has 0 unspecified atom stereocenters.